The van der Waals surface area contributed by atoms with Crippen LogP contribution in [0.4, 0.5) is 22.7 Å². The van der Waals surface area contributed by atoms with Crippen LogP contribution < -0.4 is 40.2 Å². The zero-order valence-corrected chi connectivity index (χ0v) is 31.1. The van der Waals surface area contributed by atoms with E-state index in [-0.39, 0.29) is 68.0 Å². The number of hydrogen-bond acceptors (Lipinski definition) is 10. The number of carbonyl (C=O) groups excluding carboxylic acids is 5. The zero-order valence-electron chi connectivity index (χ0n) is 31.1. The van der Waals surface area contributed by atoms with Crippen LogP contribution in [0, 0.1) is 0 Å². The Kier molecular flexibility index (Phi) is 11.6. The van der Waals surface area contributed by atoms with Gasteiger partial charge in [-0.05, 0) is 53.2 Å². The molecule has 0 atom stereocenters. The Balaban J connectivity index is 1.27. The first-order valence-corrected chi connectivity index (χ1v) is 17.2. The number of aldehydes is 1. The second-order valence-corrected chi connectivity index (χ2v) is 12.3. The quantitative estimate of drug-likeness (QED) is 0.0740. The van der Waals surface area contributed by atoms with Crippen LogP contribution in [-0.2, 0) is 0 Å². The fourth-order valence-corrected chi connectivity index (χ4v) is 6.00. The Morgan fingerprint density at radius 2 is 0.877 bits per heavy atom. The number of anilines is 4. The molecule has 0 bridgehead atoms. The van der Waals surface area contributed by atoms with Gasteiger partial charge in [0.15, 0.2) is 6.29 Å². The fourth-order valence-electron chi connectivity index (χ4n) is 6.00. The highest BCUT2D eigenvalue weighted by atomic mass is 16.5. The third kappa shape index (κ3) is 8.29. The van der Waals surface area contributed by atoms with E-state index in [0.717, 1.165) is 0 Å². The maximum Gasteiger partial charge on any atom is 0.259 e. The van der Waals surface area contributed by atoms with Gasteiger partial charge in [0.2, 0.25) is 0 Å². The number of phenolic OH excluding ortho intramolecular Hbond substituents is 1. The number of ether oxygens (including phenoxy) is 4. The van der Waals surface area contributed by atoms with Crippen LogP contribution in [0.15, 0.2) is 109 Å². The summed E-state index contributed by atoms with van der Waals surface area (Å²) in [4.78, 5) is 65.3. The van der Waals surface area contributed by atoms with E-state index in [4.69, 9.17) is 18.9 Å². The molecule has 0 aromatic heterocycles. The van der Waals surface area contributed by atoms with Crippen LogP contribution in [0.25, 0.3) is 10.8 Å². The predicted octanol–water partition coefficient (Wildman–Crippen LogP) is 7.40. The molecule has 0 aliphatic rings. The lowest BCUT2D eigenvalue weighted by atomic mass is 9.97. The Labute approximate surface area is 326 Å². The molecule has 0 unspecified atom stereocenters. The molecule has 0 aliphatic heterocycles. The Bertz CT molecular complexity index is 2520. The van der Waals surface area contributed by atoms with E-state index in [2.05, 4.69) is 21.3 Å². The molecule has 14 nitrogen and oxygen atoms in total. The van der Waals surface area contributed by atoms with Crippen molar-refractivity contribution in [2.75, 3.05) is 49.7 Å². The number of nitrogens with one attached hydrogen (secondary N) is 4. The molecular weight excluding hydrogens is 732 g/mol. The Hall–Kier alpha value is -7.87. The molecule has 0 saturated heterocycles. The van der Waals surface area contributed by atoms with Gasteiger partial charge in [0.25, 0.3) is 23.6 Å². The van der Waals surface area contributed by atoms with Gasteiger partial charge in [0.1, 0.15) is 28.7 Å². The van der Waals surface area contributed by atoms with Gasteiger partial charge in [-0.3, -0.25) is 24.0 Å². The van der Waals surface area contributed by atoms with Crippen molar-refractivity contribution in [3.8, 4) is 28.7 Å². The van der Waals surface area contributed by atoms with Gasteiger partial charge in [0, 0.05) is 41.0 Å². The number of carbonyl (C=O) groups is 5. The van der Waals surface area contributed by atoms with E-state index in [1.54, 1.807) is 60.7 Å². The summed E-state index contributed by atoms with van der Waals surface area (Å²) in [7, 11) is 5.57. The highest BCUT2D eigenvalue weighted by Crippen LogP contribution is 2.39. The summed E-state index contributed by atoms with van der Waals surface area (Å²) in [6, 6.07) is 28.8. The standard InChI is InChI=1S/C43H36N4O10/c1-54-35-21-33(36(55-2)19-31(35)44-40(50)24-11-7-5-8-12-24)46-42(52)26-15-16-28-27(17-26)18-29(39(49)30(28)23-48)43(53)47-34-22-37(56-3)32(20-38(34)57-4)45-41(51)25-13-9-6-10-14-25/h5-23,49H,1-4H3,(H,44,50)(H,45,51)(H,46,52)(H,47,53). The molecule has 14 heteroatoms. The number of phenols is 1. The molecule has 0 fully saturated rings. The van der Waals surface area contributed by atoms with Gasteiger partial charge in [-0.1, -0.05) is 42.5 Å². The highest BCUT2D eigenvalue weighted by molar-refractivity contribution is 6.15. The molecule has 6 aromatic carbocycles. The summed E-state index contributed by atoms with van der Waals surface area (Å²) in [5.41, 5.74) is 1.47. The second kappa shape index (κ2) is 17.1. The van der Waals surface area contributed by atoms with E-state index in [0.29, 0.717) is 28.5 Å². The Morgan fingerprint density at radius 1 is 0.491 bits per heavy atom. The van der Waals surface area contributed by atoms with Crippen molar-refractivity contribution in [1.29, 1.82) is 0 Å². The van der Waals surface area contributed by atoms with E-state index < -0.39 is 23.5 Å². The number of fused-ring (bicyclic) bond motifs is 1. The second-order valence-electron chi connectivity index (χ2n) is 12.3. The lowest BCUT2D eigenvalue weighted by Crippen LogP contribution is -2.16. The molecule has 288 valence electrons. The molecule has 0 saturated carbocycles. The van der Waals surface area contributed by atoms with Crippen molar-refractivity contribution in [1.82, 2.24) is 0 Å². The van der Waals surface area contributed by atoms with Crippen LogP contribution in [0.1, 0.15) is 51.8 Å². The first-order valence-electron chi connectivity index (χ1n) is 17.2. The number of methoxy groups -OCH3 is 4. The molecular formula is C43H36N4O10. The summed E-state index contributed by atoms with van der Waals surface area (Å²) in [6.45, 7) is 0. The molecule has 6 aromatic rings. The van der Waals surface area contributed by atoms with Gasteiger partial charge in [-0.15, -0.1) is 0 Å². The summed E-state index contributed by atoms with van der Waals surface area (Å²) in [5.74, 6) is -1.93. The van der Waals surface area contributed by atoms with Crippen molar-refractivity contribution >= 4 is 63.4 Å². The van der Waals surface area contributed by atoms with Crippen molar-refractivity contribution in [2.24, 2.45) is 0 Å². The van der Waals surface area contributed by atoms with Gasteiger partial charge in [0.05, 0.1) is 62.3 Å². The first-order chi connectivity index (χ1) is 27.6. The average molecular weight is 769 g/mol. The summed E-state index contributed by atoms with van der Waals surface area (Å²) < 4.78 is 22.0. The van der Waals surface area contributed by atoms with E-state index in [1.165, 1.54) is 77.0 Å². The highest BCUT2D eigenvalue weighted by Gasteiger charge is 2.23. The van der Waals surface area contributed by atoms with Crippen LogP contribution in [0.3, 0.4) is 0 Å². The normalized spacial score (nSPS) is 10.5. The maximum absolute atomic E-state index is 13.7. The molecule has 0 heterocycles. The van der Waals surface area contributed by atoms with Crippen LogP contribution >= 0.6 is 0 Å². The Morgan fingerprint density at radius 3 is 1.26 bits per heavy atom. The molecule has 0 radical (unpaired) electrons. The largest absolute Gasteiger partial charge is 0.506 e. The molecule has 0 aliphatic carbocycles. The lowest BCUT2D eigenvalue weighted by Gasteiger charge is -2.17. The number of amides is 4. The minimum absolute atomic E-state index is 0.132. The van der Waals surface area contributed by atoms with Crippen LogP contribution in [0.2, 0.25) is 0 Å². The monoisotopic (exact) mass is 768 g/mol. The van der Waals surface area contributed by atoms with Crippen molar-refractivity contribution in [3.05, 3.63) is 137 Å². The number of rotatable bonds is 13. The van der Waals surface area contributed by atoms with Crippen molar-refractivity contribution in [3.63, 3.8) is 0 Å². The van der Waals surface area contributed by atoms with Gasteiger partial charge in [-0.25, -0.2) is 0 Å². The van der Waals surface area contributed by atoms with E-state index in [9.17, 15) is 29.1 Å². The van der Waals surface area contributed by atoms with Gasteiger partial charge < -0.3 is 45.3 Å². The van der Waals surface area contributed by atoms with E-state index >= 15 is 0 Å². The maximum atomic E-state index is 13.7. The molecule has 4 amide bonds. The zero-order chi connectivity index (χ0) is 40.6. The SMILES string of the molecule is COc1cc(NC(=O)c2ccc3c(C=O)c(O)c(C(=O)Nc4cc(OC)c(NC(=O)c5ccccc5)cc4OC)cc3c2)c(OC)cc1NC(=O)c1ccccc1. The lowest BCUT2D eigenvalue weighted by molar-refractivity contribution is 0.101. The molecule has 6 rings (SSSR count). The molecule has 0 spiro atoms. The third-order valence-electron chi connectivity index (χ3n) is 8.88. The first kappa shape index (κ1) is 38.8. The van der Waals surface area contributed by atoms with Crippen molar-refractivity contribution < 1.29 is 48.0 Å². The summed E-state index contributed by atoms with van der Waals surface area (Å²) in [5, 5.41) is 22.7. The van der Waals surface area contributed by atoms with Crippen molar-refractivity contribution in [2.45, 2.75) is 0 Å². The fraction of sp³-hybridized carbons (Fsp3) is 0.0930. The number of hydrogen-bond donors (Lipinski definition) is 5. The molecule has 57 heavy (non-hydrogen) atoms. The summed E-state index contributed by atoms with van der Waals surface area (Å²) in [6.07, 6.45) is 0.414. The third-order valence-corrected chi connectivity index (χ3v) is 8.88. The van der Waals surface area contributed by atoms with Crippen LogP contribution in [-0.4, -0.2) is 63.5 Å². The van der Waals surface area contributed by atoms with Crippen LogP contribution in [0.5, 0.6) is 28.7 Å². The minimum Gasteiger partial charge on any atom is -0.506 e. The predicted molar refractivity (Wildman–Crippen MR) is 215 cm³/mol. The summed E-state index contributed by atoms with van der Waals surface area (Å²) >= 11 is 0. The van der Waals surface area contributed by atoms with Gasteiger partial charge in [-0.2, -0.15) is 0 Å². The molecule has 5 N–H and O–H groups in total. The minimum atomic E-state index is -0.815. The number of benzene rings is 6. The average Bonchev–Trinajstić information content (AvgIpc) is 3.24. The topological polar surface area (TPSA) is 191 Å². The smallest absolute Gasteiger partial charge is 0.259 e. The van der Waals surface area contributed by atoms with Gasteiger partial charge >= 0.3 is 0 Å². The van der Waals surface area contributed by atoms with E-state index in [1.807, 2.05) is 0 Å². The number of aromatic hydroxyl groups is 1.